The van der Waals surface area contributed by atoms with Gasteiger partial charge in [-0.3, -0.25) is 9.78 Å². The number of rotatable bonds is 4. The largest absolute Gasteiger partial charge is 0.324 e. The predicted molar refractivity (Wildman–Crippen MR) is 76.0 cm³/mol. The molecule has 18 heavy (non-hydrogen) atoms. The van der Waals surface area contributed by atoms with Crippen molar-refractivity contribution in [2.45, 2.75) is 25.0 Å². The molecule has 2 N–H and O–H groups in total. The molecule has 1 amide bonds. The summed E-state index contributed by atoms with van der Waals surface area (Å²) in [5.41, 5.74) is 1.67. The van der Waals surface area contributed by atoms with Crippen molar-refractivity contribution < 1.29 is 4.79 Å². The van der Waals surface area contributed by atoms with Crippen LogP contribution >= 0.6 is 11.8 Å². The number of pyridine rings is 1. The summed E-state index contributed by atoms with van der Waals surface area (Å²) in [6.07, 6.45) is 4.04. The molecule has 0 unspecified atom stereocenters. The van der Waals surface area contributed by atoms with E-state index in [1.54, 1.807) is 18.0 Å². The van der Waals surface area contributed by atoms with E-state index in [-0.39, 0.29) is 5.91 Å². The zero-order valence-electron chi connectivity index (χ0n) is 10.6. The fourth-order valence-corrected chi connectivity index (χ4v) is 2.99. The van der Waals surface area contributed by atoms with Crippen LogP contribution < -0.4 is 10.6 Å². The van der Waals surface area contributed by atoms with Gasteiger partial charge in [0, 0.05) is 11.4 Å². The number of carbonyl (C=O) groups excluding carboxylic acids is 1. The number of piperidine rings is 1. The normalized spacial score (nSPS) is 16.5. The van der Waals surface area contributed by atoms with Gasteiger partial charge < -0.3 is 10.6 Å². The Morgan fingerprint density at radius 2 is 2.33 bits per heavy atom. The van der Waals surface area contributed by atoms with Crippen LogP contribution in [0.3, 0.4) is 0 Å². The number of hydrogen-bond acceptors (Lipinski definition) is 4. The van der Waals surface area contributed by atoms with Crippen LogP contribution in [-0.4, -0.2) is 35.0 Å². The Bertz CT molecular complexity index is 405. The third-order valence-electron chi connectivity index (χ3n) is 3.02. The Morgan fingerprint density at radius 3 is 3.06 bits per heavy atom. The standard InChI is InChI=1S/C13H19N3OS/c1-10-12(3-2-6-15-10)16-13(17)9-18-11-4-7-14-8-5-11/h2-3,6,11,14H,4-5,7-9H2,1H3,(H,16,17). The molecule has 0 atom stereocenters. The fourth-order valence-electron chi connectivity index (χ4n) is 1.96. The van der Waals surface area contributed by atoms with Crippen molar-refractivity contribution in [2.24, 2.45) is 0 Å². The fraction of sp³-hybridized carbons (Fsp3) is 0.538. The van der Waals surface area contributed by atoms with Crippen molar-refractivity contribution in [2.75, 3.05) is 24.2 Å². The summed E-state index contributed by atoms with van der Waals surface area (Å²) in [5, 5.41) is 6.86. The van der Waals surface area contributed by atoms with Gasteiger partial charge in [-0.15, -0.1) is 11.8 Å². The van der Waals surface area contributed by atoms with Crippen LogP contribution in [0.2, 0.25) is 0 Å². The first-order valence-electron chi connectivity index (χ1n) is 6.29. The molecule has 2 heterocycles. The summed E-state index contributed by atoms with van der Waals surface area (Å²) in [6, 6.07) is 3.72. The van der Waals surface area contributed by atoms with Crippen molar-refractivity contribution in [1.82, 2.24) is 10.3 Å². The Morgan fingerprint density at radius 1 is 1.56 bits per heavy atom. The number of carbonyl (C=O) groups is 1. The lowest BCUT2D eigenvalue weighted by Crippen LogP contribution is -2.30. The molecular formula is C13H19N3OS. The van der Waals surface area contributed by atoms with E-state index < -0.39 is 0 Å². The summed E-state index contributed by atoms with van der Waals surface area (Å²) < 4.78 is 0. The van der Waals surface area contributed by atoms with Gasteiger partial charge in [0.15, 0.2) is 0 Å². The highest BCUT2D eigenvalue weighted by Gasteiger charge is 2.15. The minimum Gasteiger partial charge on any atom is -0.324 e. The third-order valence-corrected chi connectivity index (χ3v) is 4.39. The topological polar surface area (TPSA) is 54.0 Å². The third kappa shape index (κ3) is 3.99. The van der Waals surface area contributed by atoms with Gasteiger partial charge in [0.2, 0.25) is 5.91 Å². The van der Waals surface area contributed by atoms with Crippen molar-refractivity contribution in [3.8, 4) is 0 Å². The summed E-state index contributed by atoms with van der Waals surface area (Å²) >= 11 is 1.76. The van der Waals surface area contributed by atoms with Crippen LogP contribution in [0.15, 0.2) is 18.3 Å². The molecule has 1 fully saturated rings. The molecule has 0 aliphatic carbocycles. The highest BCUT2D eigenvalue weighted by molar-refractivity contribution is 8.00. The van der Waals surface area contributed by atoms with E-state index in [4.69, 9.17) is 0 Å². The molecule has 1 aliphatic rings. The van der Waals surface area contributed by atoms with Gasteiger partial charge in [-0.05, 0) is 45.0 Å². The number of hydrogen-bond donors (Lipinski definition) is 2. The van der Waals surface area contributed by atoms with Gasteiger partial charge in [-0.2, -0.15) is 0 Å². The van der Waals surface area contributed by atoms with Crippen molar-refractivity contribution in [3.05, 3.63) is 24.0 Å². The molecule has 5 heteroatoms. The number of aromatic nitrogens is 1. The summed E-state index contributed by atoms with van der Waals surface area (Å²) in [6.45, 7) is 4.04. The highest BCUT2D eigenvalue weighted by Crippen LogP contribution is 2.20. The van der Waals surface area contributed by atoms with E-state index in [0.717, 1.165) is 37.3 Å². The average Bonchev–Trinajstić information content (AvgIpc) is 2.40. The number of anilines is 1. The molecule has 2 rings (SSSR count). The average molecular weight is 265 g/mol. The zero-order valence-corrected chi connectivity index (χ0v) is 11.4. The van der Waals surface area contributed by atoms with Crippen LogP contribution in [0.1, 0.15) is 18.5 Å². The van der Waals surface area contributed by atoms with Crippen LogP contribution in [0.25, 0.3) is 0 Å². The molecular weight excluding hydrogens is 246 g/mol. The van der Waals surface area contributed by atoms with Crippen molar-refractivity contribution >= 4 is 23.4 Å². The Kier molecular flexibility index (Phi) is 5.01. The molecule has 4 nitrogen and oxygen atoms in total. The second-order valence-electron chi connectivity index (χ2n) is 4.44. The van der Waals surface area contributed by atoms with Gasteiger partial charge in [-0.1, -0.05) is 0 Å². The monoisotopic (exact) mass is 265 g/mol. The van der Waals surface area contributed by atoms with E-state index in [0.29, 0.717) is 11.0 Å². The summed E-state index contributed by atoms with van der Waals surface area (Å²) in [4.78, 5) is 16.0. The number of nitrogens with zero attached hydrogens (tertiary/aromatic N) is 1. The van der Waals surface area contributed by atoms with Crippen LogP contribution in [0.5, 0.6) is 0 Å². The number of amides is 1. The SMILES string of the molecule is Cc1ncccc1NC(=O)CSC1CCNCC1. The number of thioether (sulfide) groups is 1. The molecule has 1 saturated heterocycles. The Balaban J connectivity index is 1.76. The minimum atomic E-state index is 0.0645. The molecule has 0 radical (unpaired) electrons. The molecule has 1 aromatic rings. The molecule has 0 bridgehead atoms. The second-order valence-corrected chi connectivity index (χ2v) is 5.73. The van der Waals surface area contributed by atoms with Gasteiger partial charge >= 0.3 is 0 Å². The molecule has 0 spiro atoms. The molecule has 1 aromatic heterocycles. The number of aryl methyl sites for hydroxylation is 1. The van der Waals surface area contributed by atoms with Crippen LogP contribution in [-0.2, 0) is 4.79 Å². The predicted octanol–water partition coefficient (Wildman–Crippen LogP) is 1.81. The van der Waals surface area contributed by atoms with E-state index in [2.05, 4.69) is 15.6 Å². The maximum absolute atomic E-state index is 11.8. The smallest absolute Gasteiger partial charge is 0.234 e. The van der Waals surface area contributed by atoms with Crippen molar-refractivity contribution in [3.63, 3.8) is 0 Å². The van der Waals surface area contributed by atoms with Crippen molar-refractivity contribution in [1.29, 1.82) is 0 Å². The first-order chi connectivity index (χ1) is 8.75. The van der Waals surface area contributed by atoms with E-state index in [9.17, 15) is 4.79 Å². The van der Waals surface area contributed by atoms with E-state index in [1.165, 1.54) is 0 Å². The minimum absolute atomic E-state index is 0.0645. The molecule has 1 aliphatic heterocycles. The highest BCUT2D eigenvalue weighted by atomic mass is 32.2. The van der Waals surface area contributed by atoms with Gasteiger partial charge in [0.25, 0.3) is 0 Å². The lowest BCUT2D eigenvalue weighted by Gasteiger charge is -2.21. The van der Waals surface area contributed by atoms with Crippen LogP contribution in [0, 0.1) is 6.92 Å². The quantitative estimate of drug-likeness (QED) is 0.872. The Labute approximate surface area is 112 Å². The second kappa shape index (κ2) is 6.75. The molecule has 0 saturated carbocycles. The lowest BCUT2D eigenvalue weighted by atomic mass is 10.2. The lowest BCUT2D eigenvalue weighted by molar-refractivity contribution is -0.113. The maximum atomic E-state index is 11.8. The zero-order chi connectivity index (χ0) is 12.8. The van der Waals surface area contributed by atoms with E-state index >= 15 is 0 Å². The molecule has 98 valence electrons. The van der Waals surface area contributed by atoms with E-state index in [1.807, 2.05) is 19.1 Å². The van der Waals surface area contributed by atoms with Crippen LogP contribution in [0.4, 0.5) is 5.69 Å². The van der Waals surface area contributed by atoms with Gasteiger partial charge in [0.05, 0.1) is 17.1 Å². The van der Waals surface area contributed by atoms with Gasteiger partial charge in [-0.25, -0.2) is 0 Å². The molecule has 0 aromatic carbocycles. The summed E-state index contributed by atoms with van der Waals surface area (Å²) in [5.74, 6) is 0.591. The first-order valence-corrected chi connectivity index (χ1v) is 7.34. The maximum Gasteiger partial charge on any atom is 0.234 e. The number of nitrogens with one attached hydrogen (secondary N) is 2. The Hall–Kier alpha value is -1.07. The first kappa shape index (κ1) is 13.4. The summed E-state index contributed by atoms with van der Waals surface area (Å²) in [7, 11) is 0. The van der Waals surface area contributed by atoms with Gasteiger partial charge in [0.1, 0.15) is 0 Å².